The minimum absolute atomic E-state index is 0.0896. The number of carbonyl (C=O) groups is 1. The van der Waals surface area contributed by atoms with Crippen LogP contribution in [0.2, 0.25) is 5.02 Å². The Labute approximate surface area is 107 Å². The van der Waals surface area contributed by atoms with Crippen molar-refractivity contribution < 1.29 is 9.90 Å². The van der Waals surface area contributed by atoms with E-state index in [2.05, 4.69) is 27.9 Å². The fourth-order valence-corrected chi connectivity index (χ4v) is 1.96. The van der Waals surface area contributed by atoms with E-state index in [-0.39, 0.29) is 18.6 Å². The summed E-state index contributed by atoms with van der Waals surface area (Å²) in [6.07, 6.45) is 0. The molecule has 5 heteroatoms. The second kappa shape index (κ2) is 5.67. The minimum atomic E-state index is -0.271. The fraction of sp³-hybridized carbons (Fsp3) is 0.300. The van der Waals surface area contributed by atoms with Gasteiger partial charge in [0.2, 0.25) is 0 Å². The number of hydrogen-bond donors (Lipinski definition) is 2. The number of amides is 1. The molecule has 15 heavy (non-hydrogen) atoms. The molecule has 1 aromatic rings. The molecule has 0 aliphatic carbocycles. The maximum Gasteiger partial charge on any atom is 0.253 e. The van der Waals surface area contributed by atoms with Gasteiger partial charge in [0.15, 0.2) is 0 Å². The summed E-state index contributed by atoms with van der Waals surface area (Å²) >= 11 is 8.05. The number of aliphatic hydroxyl groups excluding tert-OH is 1. The maximum atomic E-state index is 11.6. The van der Waals surface area contributed by atoms with Gasteiger partial charge < -0.3 is 10.4 Å². The third-order valence-corrected chi connectivity index (χ3v) is 2.81. The molecule has 0 aliphatic heterocycles. The van der Waals surface area contributed by atoms with Crippen molar-refractivity contribution in [2.45, 2.75) is 13.0 Å². The number of benzene rings is 1. The standard InChI is InChI=1S/C10H11ClINO2/c1-6(5-14)13-10(15)8-3-2-7(12)4-9(8)11/h2-4,6,14H,5H2,1H3,(H,13,15). The summed E-state index contributed by atoms with van der Waals surface area (Å²) < 4.78 is 0.976. The molecular weight excluding hydrogens is 328 g/mol. The van der Waals surface area contributed by atoms with Gasteiger partial charge in [-0.2, -0.15) is 0 Å². The van der Waals surface area contributed by atoms with Crippen molar-refractivity contribution in [3.8, 4) is 0 Å². The Bertz CT molecular complexity index is 370. The molecule has 0 saturated carbocycles. The van der Waals surface area contributed by atoms with Crippen molar-refractivity contribution in [1.82, 2.24) is 5.32 Å². The molecule has 0 fully saturated rings. The number of rotatable bonds is 3. The number of carbonyl (C=O) groups excluding carboxylic acids is 1. The topological polar surface area (TPSA) is 49.3 Å². The predicted molar refractivity (Wildman–Crippen MR) is 68.2 cm³/mol. The normalized spacial score (nSPS) is 12.3. The van der Waals surface area contributed by atoms with Crippen LogP contribution in [0.15, 0.2) is 18.2 Å². The van der Waals surface area contributed by atoms with E-state index in [1.165, 1.54) is 0 Å². The minimum Gasteiger partial charge on any atom is -0.394 e. The molecule has 0 heterocycles. The highest BCUT2D eigenvalue weighted by molar-refractivity contribution is 14.1. The van der Waals surface area contributed by atoms with Crippen LogP contribution < -0.4 is 5.32 Å². The van der Waals surface area contributed by atoms with Gasteiger partial charge in [0, 0.05) is 9.61 Å². The molecule has 1 atom stereocenters. The largest absolute Gasteiger partial charge is 0.394 e. The quantitative estimate of drug-likeness (QED) is 0.828. The molecule has 1 rings (SSSR count). The van der Waals surface area contributed by atoms with Crippen LogP contribution in [0.5, 0.6) is 0 Å². The Kier molecular flexibility index (Phi) is 4.82. The van der Waals surface area contributed by atoms with Gasteiger partial charge in [-0.3, -0.25) is 4.79 Å². The first-order valence-corrected chi connectivity index (χ1v) is 5.87. The van der Waals surface area contributed by atoms with E-state index < -0.39 is 0 Å². The Balaban J connectivity index is 2.82. The van der Waals surface area contributed by atoms with E-state index >= 15 is 0 Å². The molecule has 82 valence electrons. The van der Waals surface area contributed by atoms with E-state index in [9.17, 15) is 4.79 Å². The smallest absolute Gasteiger partial charge is 0.253 e. The van der Waals surface area contributed by atoms with E-state index in [1.54, 1.807) is 19.1 Å². The predicted octanol–water partition coefficient (Wildman–Crippen LogP) is 2.06. The number of hydrogen-bond acceptors (Lipinski definition) is 2. The highest BCUT2D eigenvalue weighted by atomic mass is 127. The second-order valence-electron chi connectivity index (χ2n) is 3.18. The van der Waals surface area contributed by atoms with Gasteiger partial charge in [-0.05, 0) is 47.7 Å². The Morgan fingerprint density at radius 1 is 1.67 bits per heavy atom. The van der Waals surface area contributed by atoms with Crippen LogP contribution in [0.4, 0.5) is 0 Å². The first-order valence-electron chi connectivity index (χ1n) is 4.41. The molecule has 1 aromatic carbocycles. The highest BCUT2D eigenvalue weighted by Gasteiger charge is 2.12. The second-order valence-corrected chi connectivity index (χ2v) is 4.83. The maximum absolute atomic E-state index is 11.6. The van der Waals surface area contributed by atoms with Crippen LogP contribution in [0.3, 0.4) is 0 Å². The third-order valence-electron chi connectivity index (χ3n) is 1.83. The van der Waals surface area contributed by atoms with Crippen molar-refractivity contribution in [2.75, 3.05) is 6.61 Å². The summed E-state index contributed by atoms with van der Waals surface area (Å²) in [5.41, 5.74) is 0.428. The molecule has 0 aromatic heterocycles. The first kappa shape index (κ1) is 12.7. The summed E-state index contributed by atoms with van der Waals surface area (Å²) in [6.45, 7) is 1.63. The van der Waals surface area contributed by atoms with Crippen molar-refractivity contribution in [1.29, 1.82) is 0 Å². The summed E-state index contributed by atoms with van der Waals surface area (Å²) in [7, 11) is 0. The Morgan fingerprint density at radius 2 is 2.33 bits per heavy atom. The summed E-state index contributed by atoms with van der Waals surface area (Å²) in [5, 5.41) is 11.8. The number of nitrogens with one attached hydrogen (secondary N) is 1. The lowest BCUT2D eigenvalue weighted by molar-refractivity contribution is 0.0922. The van der Waals surface area contributed by atoms with Gasteiger partial charge in [-0.1, -0.05) is 11.6 Å². The first-order chi connectivity index (χ1) is 7.04. The molecule has 0 bridgehead atoms. The monoisotopic (exact) mass is 339 g/mol. The average Bonchev–Trinajstić information content (AvgIpc) is 2.17. The zero-order valence-corrected chi connectivity index (χ0v) is 11.0. The van der Waals surface area contributed by atoms with Crippen LogP contribution in [0, 0.1) is 3.57 Å². The van der Waals surface area contributed by atoms with E-state index in [4.69, 9.17) is 16.7 Å². The van der Waals surface area contributed by atoms with Crippen LogP contribution in [-0.2, 0) is 0 Å². The zero-order valence-electron chi connectivity index (χ0n) is 8.13. The Morgan fingerprint density at radius 3 is 2.87 bits per heavy atom. The molecule has 0 aliphatic rings. The third kappa shape index (κ3) is 3.62. The summed E-state index contributed by atoms with van der Waals surface area (Å²) in [5.74, 6) is -0.266. The van der Waals surface area contributed by atoms with Gasteiger partial charge in [-0.25, -0.2) is 0 Å². The highest BCUT2D eigenvalue weighted by Crippen LogP contribution is 2.18. The van der Waals surface area contributed by atoms with Crippen LogP contribution in [0.1, 0.15) is 17.3 Å². The molecule has 0 spiro atoms. The van der Waals surface area contributed by atoms with Crippen LogP contribution in [0.25, 0.3) is 0 Å². The van der Waals surface area contributed by atoms with Gasteiger partial charge in [-0.15, -0.1) is 0 Å². The lowest BCUT2D eigenvalue weighted by atomic mass is 10.2. The van der Waals surface area contributed by atoms with Crippen LogP contribution in [-0.4, -0.2) is 23.7 Å². The van der Waals surface area contributed by atoms with Crippen molar-refractivity contribution >= 4 is 40.1 Å². The van der Waals surface area contributed by atoms with Crippen molar-refractivity contribution in [2.24, 2.45) is 0 Å². The molecular formula is C10H11ClINO2. The van der Waals surface area contributed by atoms with Gasteiger partial charge in [0.1, 0.15) is 0 Å². The molecule has 3 nitrogen and oxygen atoms in total. The van der Waals surface area contributed by atoms with Crippen molar-refractivity contribution in [3.05, 3.63) is 32.4 Å². The summed E-state index contributed by atoms with van der Waals surface area (Å²) in [4.78, 5) is 11.6. The molecule has 0 radical (unpaired) electrons. The van der Waals surface area contributed by atoms with E-state index in [0.29, 0.717) is 10.6 Å². The fourth-order valence-electron chi connectivity index (χ4n) is 1.02. The van der Waals surface area contributed by atoms with E-state index in [0.717, 1.165) is 3.57 Å². The molecule has 0 saturated heterocycles. The van der Waals surface area contributed by atoms with Gasteiger partial charge in [0.25, 0.3) is 5.91 Å². The lowest BCUT2D eigenvalue weighted by Gasteiger charge is -2.11. The molecule has 1 amide bonds. The van der Waals surface area contributed by atoms with Gasteiger partial charge in [0.05, 0.1) is 17.2 Å². The van der Waals surface area contributed by atoms with Gasteiger partial charge >= 0.3 is 0 Å². The Hall–Kier alpha value is -0.330. The van der Waals surface area contributed by atoms with Crippen LogP contribution >= 0.6 is 34.2 Å². The van der Waals surface area contributed by atoms with E-state index in [1.807, 2.05) is 6.07 Å². The number of aliphatic hydroxyl groups is 1. The average molecular weight is 340 g/mol. The lowest BCUT2D eigenvalue weighted by Crippen LogP contribution is -2.35. The van der Waals surface area contributed by atoms with Crippen molar-refractivity contribution in [3.63, 3.8) is 0 Å². The summed E-state index contributed by atoms with van der Waals surface area (Å²) in [6, 6.07) is 4.93. The molecule has 1 unspecified atom stereocenters. The molecule has 2 N–H and O–H groups in total. The zero-order chi connectivity index (χ0) is 11.4. The SMILES string of the molecule is CC(CO)NC(=O)c1ccc(I)cc1Cl. The number of halogens is 2.